The van der Waals surface area contributed by atoms with Gasteiger partial charge in [0.05, 0.1) is 36.8 Å². The summed E-state index contributed by atoms with van der Waals surface area (Å²) in [5.74, 6) is 3.88. The van der Waals surface area contributed by atoms with E-state index in [1.165, 1.54) is 0 Å². The van der Waals surface area contributed by atoms with Crippen molar-refractivity contribution < 1.29 is 33.6 Å². The number of hydrogen-bond acceptors (Lipinski definition) is 15. The first-order chi connectivity index (χ1) is 29.9. The maximum atomic E-state index is 11.3. The molecule has 0 radical (unpaired) electrons. The number of hydrogen-bond donors (Lipinski definition) is 7. The summed E-state index contributed by atoms with van der Waals surface area (Å²) in [6.07, 6.45) is 5.12. The Morgan fingerprint density at radius 2 is 0.803 bits per heavy atom. The van der Waals surface area contributed by atoms with Gasteiger partial charge in [-0.25, -0.2) is 0 Å². The van der Waals surface area contributed by atoms with Gasteiger partial charge in [0, 0.05) is 47.8 Å². The number of rotatable bonds is 23. The van der Waals surface area contributed by atoms with Crippen molar-refractivity contribution in [1.29, 1.82) is 0 Å². The minimum absolute atomic E-state index is 0.0670. The maximum absolute atomic E-state index is 11.3. The van der Waals surface area contributed by atoms with Crippen LogP contribution in [0.4, 0.5) is 0 Å². The van der Waals surface area contributed by atoms with Crippen LogP contribution in [-0.4, -0.2) is 95.8 Å². The third-order valence-corrected chi connectivity index (χ3v) is 10.5. The van der Waals surface area contributed by atoms with E-state index in [9.17, 15) is 33.6 Å². The zero-order chi connectivity index (χ0) is 54.4. The van der Waals surface area contributed by atoms with Crippen LogP contribution in [0, 0.1) is 59.2 Å². The third-order valence-electron chi connectivity index (χ3n) is 9.90. The number of Topliss-reactive ketones (excluding diaryl/α,β-unsaturated/α-hetero) is 7. The molecule has 14 N–H and O–H groups in total. The molecule has 0 heterocycles. The van der Waals surface area contributed by atoms with Crippen LogP contribution in [0.25, 0.3) is 0 Å². The Morgan fingerprint density at radius 1 is 0.455 bits per heavy atom. The molecule has 14 nitrogen and oxygen atoms in total. The first kappa shape index (κ1) is 78.0. The Morgan fingerprint density at radius 3 is 0.985 bits per heavy atom. The average molecular weight is 965 g/mol. The number of ketones is 7. The highest BCUT2D eigenvalue weighted by atomic mass is 32.2. The van der Waals surface area contributed by atoms with E-state index in [1.807, 2.05) is 124 Å². The molecule has 0 aromatic carbocycles. The fraction of sp³-hybridized carbons (Fsp3) is 0.863. The molecule has 396 valence electrons. The van der Waals surface area contributed by atoms with Crippen LogP contribution in [0.1, 0.15) is 171 Å². The molecular weight excluding hydrogens is 855 g/mol. The lowest BCUT2D eigenvalue weighted by Gasteiger charge is -2.18. The first-order valence-corrected chi connectivity index (χ1v) is 25.7. The van der Waals surface area contributed by atoms with Gasteiger partial charge >= 0.3 is 0 Å². The normalized spacial score (nSPS) is 13.5. The highest BCUT2D eigenvalue weighted by Gasteiger charge is 2.22. The fourth-order valence-corrected chi connectivity index (χ4v) is 5.18. The van der Waals surface area contributed by atoms with Gasteiger partial charge in [-0.15, -0.1) is 0 Å². The van der Waals surface area contributed by atoms with Gasteiger partial charge in [0.15, 0.2) is 28.9 Å². The third kappa shape index (κ3) is 48.2. The van der Waals surface area contributed by atoms with Gasteiger partial charge in [-0.05, 0) is 56.1 Å². The molecule has 0 saturated carbocycles. The molecule has 0 aliphatic carbocycles. The number of carbonyl (C=O) groups is 7. The number of thioether (sulfide) groups is 1. The molecule has 0 unspecified atom stereocenters. The van der Waals surface area contributed by atoms with E-state index in [0.29, 0.717) is 24.8 Å². The van der Waals surface area contributed by atoms with E-state index in [0.717, 1.165) is 25.0 Å². The van der Waals surface area contributed by atoms with Gasteiger partial charge in [0.25, 0.3) is 0 Å². The number of nitrogens with two attached hydrogens (primary N) is 7. The molecule has 0 bridgehead atoms. The lowest BCUT2D eigenvalue weighted by molar-refractivity contribution is -0.124. The topological polar surface area (TPSA) is 302 Å². The molecule has 0 amide bonds. The smallest absolute Gasteiger partial charge is 0.152 e. The highest BCUT2D eigenvalue weighted by Crippen LogP contribution is 2.11. The van der Waals surface area contributed by atoms with Gasteiger partial charge in [-0.1, -0.05) is 145 Å². The molecule has 6 atom stereocenters. The van der Waals surface area contributed by atoms with Crippen molar-refractivity contribution in [3.8, 4) is 0 Å². The average Bonchev–Trinajstić information content (AvgIpc) is 3.23. The van der Waals surface area contributed by atoms with Gasteiger partial charge in [0.2, 0.25) is 0 Å². The molecular formula is C51H109N7O7S. The zero-order valence-corrected chi connectivity index (χ0v) is 47.2. The Bertz CT molecular complexity index is 1260. The fourth-order valence-electron chi connectivity index (χ4n) is 4.69. The second-order valence-corrected chi connectivity index (χ2v) is 20.8. The van der Waals surface area contributed by atoms with E-state index in [2.05, 4.69) is 20.8 Å². The van der Waals surface area contributed by atoms with Crippen molar-refractivity contribution in [2.75, 3.05) is 25.1 Å². The lowest BCUT2D eigenvalue weighted by Crippen LogP contribution is -2.39. The van der Waals surface area contributed by atoms with Gasteiger partial charge in [-0.3, -0.25) is 33.6 Å². The van der Waals surface area contributed by atoms with Crippen molar-refractivity contribution in [3.63, 3.8) is 0 Å². The molecule has 0 aromatic rings. The monoisotopic (exact) mass is 964 g/mol. The van der Waals surface area contributed by atoms with Crippen molar-refractivity contribution >= 4 is 52.2 Å². The largest absolute Gasteiger partial charge is 0.330 e. The van der Waals surface area contributed by atoms with E-state index < -0.39 is 0 Å². The van der Waals surface area contributed by atoms with Crippen LogP contribution < -0.4 is 40.1 Å². The van der Waals surface area contributed by atoms with Gasteiger partial charge in [0.1, 0.15) is 11.6 Å². The Kier molecular flexibility index (Phi) is 54.9. The van der Waals surface area contributed by atoms with Crippen LogP contribution in [0.5, 0.6) is 0 Å². The molecule has 66 heavy (non-hydrogen) atoms. The molecule has 0 rings (SSSR count). The summed E-state index contributed by atoms with van der Waals surface area (Å²) in [7, 11) is 0. The summed E-state index contributed by atoms with van der Waals surface area (Å²) in [6.45, 7) is 40.8. The zero-order valence-electron chi connectivity index (χ0n) is 46.4. The molecule has 0 aromatic heterocycles. The van der Waals surface area contributed by atoms with Gasteiger partial charge in [-0.2, -0.15) is 11.8 Å². The minimum atomic E-state index is -0.296. The minimum Gasteiger partial charge on any atom is -0.330 e. The highest BCUT2D eigenvalue weighted by molar-refractivity contribution is 7.98. The summed E-state index contributed by atoms with van der Waals surface area (Å²) >= 11 is 1.73. The summed E-state index contributed by atoms with van der Waals surface area (Å²) in [5, 5.41) is 0. The first-order valence-electron chi connectivity index (χ1n) is 24.3. The van der Waals surface area contributed by atoms with Crippen molar-refractivity contribution in [1.82, 2.24) is 0 Å². The predicted molar refractivity (Wildman–Crippen MR) is 284 cm³/mol. The van der Waals surface area contributed by atoms with E-state index >= 15 is 0 Å². The summed E-state index contributed by atoms with van der Waals surface area (Å²) in [4.78, 5) is 76.7. The van der Waals surface area contributed by atoms with Crippen molar-refractivity contribution in [2.45, 2.75) is 201 Å². The Hall–Kier alpha value is -2.24. The van der Waals surface area contributed by atoms with Crippen LogP contribution >= 0.6 is 11.8 Å². The van der Waals surface area contributed by atoms with E-state index in [-0.39, 0.29) is 125 Å². The second-order valence-electron chi connectivity index (χ2n) is 19.9. The predicted octanol–water partition coefficient (Wildman–Crippen LogP) is 6.95. The molecule has 0 aliphatic heterocycles. The van der Waals surface area contributed by atoms with E-state index in [1.54, 1.807) is 18.7 Å². The standard InChI is InChI=1S/2C9H19NO.C8H17NOS.C8H17NO.2C6H13NO.C5H11NO/c1-6(2)5-8(10)9(11)7(3)4;1-5-7(4)8(10)9(11)6(2)3;1-6(2)8(10)7(9)4-5-11-3;1-5(2)7(9)8(10)6(3)4;1-5(2)6(8)3-4-7;1-4(2)6(8)5(3)7;1-4(2)5(7)3-6/h2*6-8H,5,10H2,1-4H3;6-7H,4-5,9H2,1-3H3;5-7H,9H2,1-4H3;5H,3-4,7H2,1-2H3;4-5H,7H2,1-3H3;4H,3,6H2,1-2H3/t8-;7-,8-;2*7-;;5-;/m0000.0./s1. The number of carbonyl (C=O) groups excluding carboxylic acids is 7. The van der Waals surface area contributed by atoms with Crippen molar-refractivity contribution in [3.05, 3.63) is 0 Å². The van der Waals surface area contributed by atoms with Crippen molar-refractivity contribution in [2.24, 2.45) is 99.3 Å². The summed E-state index contributed by atoms with van der Waals surface area (Å²) < 4.78 is 0. The summed E-state index contributed by atoms with van der Waals surface area (Å²) in [6, 6.07) is -1.34. The molecule has 0 fully saturated rings. The summed E-state index contributed by atoms with van der Waals surface area (Å²) in [5.41, 5.74) is 38.1. The Labute approximate surface area is 410 Å². The van der Waals surface area contributed by atoms with Crippen LogP contribution in [0.15, 0.2) is 0 Å². The molecule has 0 spiro atoms. The molecule has 0 saturated heterocycles. The van der Waals surface area contributed by atoms with Crippen LogP contribution in [-0.2, 0) is 33.6 Å². The quantitative estimate of drug-likeness (QED) is 0.0545. The van der Waals surface area contributed by atoms with Crippen LogP contribution in [0.2, 0.25) is 0 Å². The molecule has 15 heteroatoms. The molecule has 0 aliphatic rings. The van der Waals surface area contributed by atoms with Gasteiger partial charge < -0.3 is 40.1 Å². The van der Waals surface area contributed by atoms with Crippen LogP contribution in [0.3, 0.4) is 0 Å². The second kappa shape index (κ2) is 46.5. The lowest BCUT2D eigenvalue weighted by atomic mass is 9.91. The van der Waals surface area contributed by atoms with E-state index in [4.69, 9.17) is 40.1 Å². The maximum Gasteiger partial charge on any atom is 0.152 e. The Balaban J connectivity index is -0.000000124. The SMILES string of the molecule is CC(C)C(=O)CCN.CC(C)C(=O)CN.CC(C)C(=O)[C@@H](N)C(C)C.CC(C)C(=O)[C@H](C)N.CC(C)C[C@H](N)C(=O)C(C)C.CC[C@H](C)[C@H](N)C(=O)C(C)C.CSCC[C@H](N)C(=O)C(C)C.